The molecule has 0 fully saturated rings. The summed E-state index contributed by atoms with van der Waals surface area (Å²) in [6.45, 7) is 2.94. The molecule has 0 aromatic carbocycles. The molecule has 0 aromatic heterocycles. The largest absolute Gasteiger partial charge is 0.481 e. The van der Waals surface area contributed by atoms with Crippen molar-refractivity contribution >= 4 is 11.9 Å². The first-order valence-corrected chi connectivity index (χ1v) is 12.8. The predicted molar refractivity (Wildman–Crippen MR) is 128 cm³/mol. The van der Waals surface area contributed by atoms with E-state index in [0.29, 0.717) is 6.54 Å². The van der Waals surface area contributed by atoms with Gasteiger partial charge in [-0.2, -0.15) is 0 Å². The van der Waals surface area contributed by atoms with Crippen LogP contribution in [0.25, 0.3) is 0 Å². The van der Waals surface area contributed by atoms with Crippen LogP contribution in [-0.4, -0.2) is 23.5 Å². The van der Waals surface area contributed by atoms with Crippen LogP contribution in [0.3, 0.4) is 0 Å². The molecule has 30 heavy (non-hydrogen) atoms. The monoisotopic (exact) mass is 423 g/mol. The van der Waals surface area contributed by atoms with Crippen LogP contribution in [0.1, 0.15) is 135 Å². The highest BCUT2D eigenvalue weighted by molar-refractivity contribution is 5.80. The summed E-state index contributed by atoms with van der Waals surface area (Å²) >= 11 is 0. The van der Waals surface area contributed by atoms with E-state index in [1.54, 1.807) is 0 Å². The molecule has 176 valence electrons. The van der Waals surface area contributed by atoms with Crippen molar-refractivity contribution in [1.82, 2.24) is 5.32 Å². The van der Waals surface area contributed by atoms with Crippen molar-refractivity contribution in [1.29, 1.82) is 0 Å². The van der Waals surface area contributed by atoms with Gasteiger partial charge in [0.1, 0.15) is 0 Å². The zero-order valence-corrected chi connectivity index (χ0v) is 19.8. The van der Waals surface area contributed by atoms with Gasteiger partial charge in [-0.25, -0.2) is 0 Å². The SMILES string of the molecule is CCCCCCCC/C=C\CCCCCCCCCCCCNC(=O)CCC(=O)O. The summed E-state index contributed by atoms with van der Waals surface area (Å²) in [5.41, 5.74) is 0. The fourth-order valence-corrected chi connectivity index (χ4v) is 3.62. The summed E-state index contributed by atoms with van der Waals surface area (Å²) in [7, 11) is 0. The molecule has 1 amide bonds. The standard InChI is InChI=1S/C26H49NO3/c1-2-3-4-5-6-7-8-9-10-11-12-13-14-15-16-17-18-19-20-21-24-27-25(28)22-23-26(29)30/h9-10H,2-8,11-24H2,1H3,(H,27,28)(H,29,30)/b10-9-. The molecule has 0 bridgehead atoms. The molecule has 0 atom stereocenters. The average Bonchev–Trinajstić information content (AvgIpc) is 2.73. The van der Waals surface area contributed by atoms with E-state index in [2.05, 4.69) is 24.4 Å². The molecular weight excluding hydrogens is 374 g/mol. The molecule has 0 spiro atoms. The smallest absolute Gasteiger partial charge is 0.303 e. The lowest BCUT2D eigenvalue weighted by Gasteiger charge is -2.05. The second kappa shape index (κ2) is 24.0. The maximum atomic E-state index is 11.4. The van der Waals surface area contributed by atoms with Crippen LogP contribution in [0, 0.1) is 0 Å². The first-order chi connectivity index (χ1) is 14.7. The predicted octanol–water partition coefficient (Wildman–Crippen LogP) is 7.57. The highest BCUT2D eigenvalue weighted by atomic mass is 16.4. The maximum Gasteiger partial charge on any atom is 0.303 e. The highest BCUT2D eigenvalue weighted by Crippen LogP contribution is 2.12. The Kier molecular flexibility index (Phi) is 22.9. The third-order valence-electron chi connectivity index (χ3n) is 5.58. The summed E-state index contributed by atoms with van der Waals surface area (Å²) in [4.78, 5) is 21.8. The van der Waals surface area contributed by atoms with Crippen molar-refractivity contribution in [3.05, 3.63) is 12.2 Å². The van der Waals surface area contributed by atoms with Crippen LogP contribution in [0.4, 0.5) is 0 Å². The molecule has 0 heterocycles. The zero-order chi connectivity index (χ0) is 22.1. The number of aliphatic carboxylic acids is 1. The molecule has 0 aliphatic carbocycles. The average molecular weight is 424 g/mol. The second-order valence-corrected chi connectivity index (χ2v) is 8.60. The van der Waals surface area contributed by atoms with E-state index in [4.69, 9.17) is 5.11 Å². The van der Waals surface area contributed by atoms with Gasteiger partial charge in [-0.05, 0) is 32.1 Å². The minimum Gasteiger partial charge on any atom is -0.481 e. The first kappa shape index (κ1) is 28.7. The summed E-state index contributed by atoms with van der Waals surface area (Å²) in [5.74, 6) is -1.06. The summed E-state index contributed by atoms with van der Waals surface area (Å²) in [6.07, 6.45) is 28.4. The van der Waals surface area contributed by atoms with Gasteiger partial charge in [0.15, 0.2) is 0 Å². The van der Waals surface area contributed by atoms with E-state index >= 15 is 0 Å². The highest BCUT2D eigenvalue weighted by Gasteiger charge is 2.03. The van der Waals surface area contributed by atoms with E-state index in [1.807, 2.05) is 0 Å². The molecule has 0 aromatic rings. The van der Waals surface area contributed by atoms with E-state index < -0.39 is 5.97 Å². The van der Waals surface area contributed by atoms with Crippen LogP contribution < -0.4 is 5.32 Å². The van der Waals surface area contributed by atoms with Gasteiger partial charge in [0.25, 0.3) is 0 Å². The van der Waals surface area contributed by atoms with Gasteiger partial charge >= 0.3 is 5.97 Å². The maximum absolute atomic E-state index is 11.4. The van der Waals surface area contributed by atoms with Crippen LogP contribution in [-0.2, 0) is 9.59 Å². The van der Waals surface area contributed by atoms with Crippen molar-refractivity contribution in [2.24, 2.45) is 0 Å². The van der Waals surface area contributed by atoms with Crippen LogP contribution in [0.2, 0.25) is 0 Å². The fraction of sp³-hybridized carbons (Fsp3) is 0.846. The molecule has 0 aliphatic heterocycles. The molecule has 0 unspecified atom stereocenters. The van der Waals surface area contributed by atoms with Crippen molar-refractivity contribution in [3.63, 3.8) is 0 Å². The van der Waals surface area contributed by atoms with Gasteiger partial charge in [0.05, 0.1) is 6.42 Å². The third kappa shape index (κ3) is 24.7. The van der Waals surface area contributed by atoms with E-state index in [-0.39, 0.29) is 18.7 Å². The first-order valence-electron chi connectivity index (χ1n) is 12.8. The van der Waals surface area contributed by atoms with Crippen molar-refractivity contribution in [2.45, 2.75) is 135 Å². The quantitative estimate of drug-likeness (QED) is 0.132. The number of carbonyl (C=O) groups is 2. The number of amides is 1. The molecule has 0 saturated carbocycles. The van der Waals surface area contributed by atoms with Crippen molar-refractivity contribution < 1.29 is 14.7 Å². The molecule has 4 heteroatoms. The lowest BCUT2D eigenvalue weighted by molar-refractivity contribution is -0.138. The van der Waals surface area contributed by atoms with Crippen LogP contribution >= 0.6 is 0 Å². The number of nitrogens with one attached hydrogen (secondary N) is 1. The summed E-state index contributed by atoms with van der Waals surface area (Å²) < 4.78 is 0. The number of hydrogen-bond donors (Lipinski definition) is 2. The number of rotatable bonds is 23. The van der Waals surface area contributed by atoms with E-state index in [0.717, 1.165) is 12.8 Å². The van der Waals surface area contributed by atoms with Crippen LogP contribution in [0.15, 0.2) is 12.2 Å². The molecule has 2 N–H and O–H groups in total. The van der Waals surface area contributed by atoms with E-state index in [1.165, 1.54) is 103 Å². The zero-order valence-electron chi connectivity index (χ0n) is 19.8. The third-order valence-corrected chi connectivity index (χ3v) is 5.58. The molecule has 4 nitrogen and oxygen atoms in total. The van der Waals surface area contributed by atoms with Crippen molar-refractivity contribution in [2.75, 3.05) is 6.54 Å². The Balaban J connectivity index is 3.15. The second-order valence-electron chi connectivity index (χ2n) is 8.60. The topological polar surface area (TPSA) is 66.4 Å². The molecule has 0 rings (SSSR count). The van der Waals surface area contributed by atoms with Gasteiger partial charge in [-0.15, -0.1) is 0 Å². The number of carboxylic acids is 1. The Morgan fingerprint density at radius 3 is 1.53 bits per heavy atom. The van der Waals surface area contributed by atoms with Crippen molar-refractivity contribution in [3.8, 4) is 0 Å². The van der Waals surface area contributed by atoms with Gasteiger partial charge in [0.2, 0.25) is 5.91 Å². The van der Waals surface area contributed by atoms with Crippen LogP contribution in [0.5, 0.6) is 0 Å². The Morgan fingerprint density at radius 2 is 1.07 bits per heavy atom. The van der Waals surface area contributed by atoms with Gasteiger partial charge in [-0.1, -0.05) is 103 Å². The molecule has 0 aliphatic rings. The molecule has 0 radical (unpaired) electrons. The Morgan fingerprint density at radius 1 is 0.633 bits per heavy atom. The number of carbonyl (C=O) groups excluding carboxylic acids is 1. The van der Waals surface area contributed by atoms with Gasteiger partial charge in [-0.3, -0.25) is 9.59 Å². The van der Waals surface area contributed by atoms with Gasteiger partial charge < -0.3 is 10.4 Å². The normalized spacial score (nSPS) is 11.2. The number of unbranched alkanes of at least 4 members (excludes halogenated alkanes) is 16. The lowest BCUT2D eigenvalue weighted by atomic mass is 10.1. The Bertz CT molecular complexity index is 421. The van der Waals surface area contributed by atoms with Gasteiger partial charge in [0, 0.05) is 13.0 Å². The number of carboxylic acid groups (broad SMARTS) is 1. The Labute approximate surface area is 186 Å². The van der Waals surface area contributed by atoms with E-state index in [9.17, 15) is 9.59 Å². The number of hydrogen-bond acceptors (Lipinski definition) is 2. The summed E-state index contributed by atoms with van der Waals surface area (Å²) in [5, 5.41) is 11.3. The molecule has 0 saturated heterocycles. The minimum absolute atomic E-state index is 0.0816. The summed E-state index contributed by atoms with van der Waals surface area (Å²) in [6, 6.07) is 0. The number of allylic oxidation sites excluding steroid dienone is 2. The Hall–Kier alpha value is -1.32. The fourth-order valence-electron chi connectivity index (χ4n) is 3.62. The lowest BCUT2D eigenvalue weighted by Crippen LogP contribution is -2.24. The molecular formula is C26H49NO3. The minimum atomic E-state index is -0.916.